The van der Waals surface area contributed by atoms with Crippen molar-refractivity contribution in [3.05, 3.63) is 64.2 Å². The summed E-state index contributed by atoms with van der Waals surface area (Å²) in [5, 5.41) is 3.10. The fourth-order valence-electron chi connectivity index (χ4n) is 3.01. The minimum absolute atomic E-state index is 0.0515. The molecule has 0 unspecified atom stereocenters. The van der Waals surface area contributed by atoms with Crippen LogP contribution in [0.15, 0.2) is 36.4 Å². The molecule has 0 bridgehead atoms. The summed E-state index contributed by atoms with van der Waals surface area (Å²) in [6.07, 6.45) is 0.132. The van der Waals surface area contributed by atoms with Crippen LogP contribution in [0.2, 0.25) is 0 Å². The molecular weight excluding hydrogens is 310 g/mol. The van der Waals surface area contributed by atoms with E-state index in [4.69, 9.17) is 4.74 Å². The normalized spacial score (nSPS) is 13.2. The summed E-state index contributed by atoms with van der Waals surface area (Å²) in [6, 6.07) is 12.3. The maximum absolute atomic E-state index is 12.7. The highest BCUT2D eigenvalue weighted by atomic mass is 16.5. The average Bonchev–Trinajstić information content (AvgIpc) is 2.55. The molecule has 25 heavy (non-hydrogen) atoms. The van der Waals surface area contributed by atoms with Crippen molar-refractivity contribution in [1.82, 2.24) is 5.32 Å². The number of hydrogen-bond acceptors (Lipinski definition) is 2. The first-order chi connectivity index (χ1) is 11.8. The molecule has 0 fully saturated rings. The van der Waals surface area contributed by atoms with E-state index in [1.54, 1.807) is 0 Å². The molecule has 2 rings (SSSR count). The SMILES string of the molecule is CC[C@H](Oc1cc(C)ccc1C)C(=O)N[C@H](C)c1ccc(C)cc1C. The summed E-state index contributed by atoms with van der Waals surface area (Å²) in [6.45, 7) is 12.2. The van der Waals surface area contributed by atoms with Gasteiger partial charge in [-0.05, 0) is 69.4 Å². The van der Waals surface area contributed by atoms with Gasteiger partial charge in [0.2, 0.25) is 0 Å². The third kappa shape index (κ3) is 4.85. The lowest BCUT2D eigenvalue weighted by Gasteiger charge is -2.22. The van der Waals surface area contributed by atoms with Crippen molar-refractivity contribution in [2.45, 2.75) is 60.1 Å². The fraction of sp³-hybridized carbons (Fsp3) is 0.409. The van der Waals surface area contributed by atoms with E-state index in [0.717, 1.165) is 22.4 Å². The molecule has 2 atom stereocenters. The monoisotopic (exact) mass is 339 g/mol. The van der Waals surface area contributed by atoms with Crippen LogP contribution in [-0.2, 0) is 4.79 Å². The lowest BCUT2D eigenvalue weighted by Crippen LogP contribution is -2.39. The fourth-order valence-corrected chi connectivity index (χ4v) is 3.01. The van der Waals surface area contributed by atoms with Crippen LogP contribution >= 0.6 is 0 Å². The molecule has 2 aromatic carbocycles. The van der Waals surface area contributed by atoms with Gasteiger partial charge >= 0.3 is 0 Å². The molecule has 3 heteroatoms. The third-order valence-electron chi connectivity index (χ3n) is 4.53. The minimum atomic E-state index is -0.492. The van der Waals surface area contributed by atoms with E-state index in [2.05, 4.69) is 37.4 Å². The Morgan fingerprint density at radius 3 is 2.28 bits per heavy atom. The van der Waals surface area contributed by atoms with Crippen molar-refractivity contribution in [2.24, 2.45) is 0 Å². The number of carbonyl (C=O) groups is 1. The summed E-state index contributed by atoms with van der Waals surface area (Å²) in [5.74, 6) is 0.706. The van der Waals surface area contributed by atoms with Gasteiger partial charge < -0.3 is 10.1 Å². The summed E-state index contributed by atoms with van der Waals surface area (Å²) < 4.78 is 6.01. The van der Waals surface area contributed by atoms with Crippen molar-refractivity contribution in [3.63, 3.8) is 0 Å². The molecule has 0 spiro atoms. The highest BCUT2D eigenvalue weighted by Gasteiger charge is 2.22. The van der Waals surface area contributed by atoms with E-state index < -0.39 is 6.10 Å². The van der Waals surface area contributed by atoms with Gasteiger partial charge in [0.05, 0.1) is 6.04 Å². The molecule has 1 amide bonds. The van der Waals surface area contributed by atoms with Gasteiger partial charge in [0.15, 0.2) is 6.10 Å². The Balaban J connectivity index is 2.10. The molecule has 0 heterocycles. The van der Waals surface area contributed by atoms with Crippen LogP contribution in [-0.4, -0.2) is 12.0 Å². The Labute approximate surface area is 151 Å². The van der Waals surface area contributed by atoms with Gasteiger partial charge in [-0.15, -0.1) is 0 Å². The number of hydrogen-bond donors (Lipinski definition) is 1. The van der Waals surface area contributed by atoms with Gasteiger partial charge in [-0.1, -0.05) is 42.8 Å². The Kier molecular flexibility index (Phi) is 6.24. The van der Waals surface area contributed by atoms with Crippen molar-refractivity contribution in [3.8, 4) is 5.75 Å². The van der Waals surface area contributed by atoms with Gasteiger partial charge in [0.25, 0.3) is 5.91 Å². The van der Waals surface area contributed by atoms with Gasteiger partial charge in [0, 0.05) is 0 Å². The largest absolute Gasteiger partial charge is 0.480 e. The molecule has 134 valence electrons. The summed E-state index contributed by atoms with van der Waals surface area (Å²) >= 11 is 0. The third-order valence-corrected chi connectivity index (χ3v) is 4.53. The van der Waals surface area contributed by atoms with Crippen LogP contribution in [0.4, 0.5) is 0 Å². The zero-order valence-electron chi connectivity index (χ0n) is 16.1. The lowest BCUT2D eigenvalue weighted by atomic mass is 10.00. The van der Waals surface area contributed by atoms with Crippen LogP contribution < -0.4 is 10.1 Å². The Hall–Kier alpha value is -2.29. The van der Waals surface area contributed by atoms with Crippen LogP contribution in [0.3, 0.4) is 0 Å². The number of ether oxygens (including phenoxy) is 1. The summed E-state index contributed by atoms with van der Waals surface area (Å²) in [7, 11) is 0. The zero-order chi connectivity index (χ0) is 18.6. The molecule has 0 aliphatic rings. The van der Waals surface area contributed by atoms with Gasteiger partial charge in [0.1, 0.15) is 5.75 Å². The molecule has 0 saturated heterocycles. The molecule has 0 radical (unpaired) electrons. The number of rotatable bonds is 6. The maximum Gasteiger partial charge on any atom is 0.261 e. The highest BCUT2D eigenvalue weighted by Crippen LogP contribution is 2.22. The zero-order valence-corrected chi connectivity index (χ0v) is 16.1. The second-order valence-electron chi connectivity index (χ2n) is 6.87. The van der Waals surface area contributed by atoms with Crippen LogP contribution in [0.25, 0.3) is 0 Å². The van der Waals surface area contributed by atoms with Crippen molar-refractivity contribution in [2.75, 3.05) is 0 Å². The summed E-state index contributed by atoms with van der Waals surface area (Å²) in [5.41, 5.74) is 5.72. The van der Waals surface area contributed by atoms with Crippen molar-refractivity contribution < 1.29 is 9.53 Å². The average molecular weight is 339 g/mol. The second-order valence-corrected chi connectivity index (χ2v) is 6.87. The number of carbonyl (C=O) groups excluding carboxylic acids is 1. The Bertz CT molecular complexity index is 752. The Morgan fingerprint density at radius 1 is 1.00 bits per heavy atom. The second kappa shape index (κ2) is 8.19. The van der Waals surface area contributed by atoms with E-state index in [9.17, 15) is 4.79 Å². The Morgan fingerprint density at radius 2 is 1.64 bits per heavy atom. The van der Waals surface area contributed by atoms with Crippen molar-refractivity contribution in [1.29, 1.82) is 0 Å². The van der Waals surface area contributed by atoms with Crippen molar-refractivity contribution >= 4 is 5.91 Å². The first-order valence-electron chi connectivity index (χ1n) is 8.93. The quantitative estimate of drug-likeness (QED) is 0.808. The first kappa shape index (κ1) is 19.0. The molecule has 0 saturated carbocycles. The molecule has 2 aromatic rings. The summed E-state index contributed by atoms with van der Waals surface area (Å²) in [4.78, 5) is 12.7. The van der Waals surface area contributed by atoms with Gasteiger partial charge in [-0.2, -0.15) is 0 Å². The minimum Gasteiger partial charge on any atom is -0.480 e. The topological polar surface area (TPSA) is 38.3 Å². The van der Waals surface area contributed by atoms with E-state index in [1.165, 1.54) is 11.1 Å². The molecule has 0 aromatic heterocycles. The molecule has 0 aliphatic carbocycles. The number of benzene rings is 2. The predicted molar refractivity (Wildman–Crippen MR) is 103 cm³/mol. The van der Waals surface area contributed by atoms with E-state index >= 15 is 0 Å². The molecular formula is C22H29NO2. The van der Waals surface area contributed by atoms with Gasteiger partial charge in [-0.25, -0.2) is 0 Å². The molecule has 3 nitrogen and oxygen atoms in total. The number of amides is 1. The predicted octanol–water partition coefficient (Wildman–Crippen LogP) is 4.96. The first-order valence-corrected chi connectivity index (χ1v) is 8.93. The van der Waals surface area contributed by atoms with E-state index in [1.807, 2.05) is 45.9 Å². The lowest BCUT2D eigenvalue weighted by molar-refractivity contribution is -0.128. The van der Waals surface area contributed by atoms with Crippen LogP contribution in [0.1, 0.15) is 54.1 Å². The smallest absolute Gasteiger partial charge is 0.261 e. The highest BCUT2D eigenvalue weighted by molar-refractivity contribution is 5.81. The van der Waals surface area contributed by atoms with E-state index in [-0.39, 0.29) is 11.9 Å². The molecule has 0 aliphatic heterocycles. The molecule has 1 N–H and O–H groups in total. The number of aryl methyl sites for hydroxylation is 4. The number of nitrogens with one attached hydrogen (secondary N) is 1. The van der Waals surface area contributed by atoms with E-state index in [0.29, 0.717) is 6.42 Å². The standard InChI is InChI=1S/C22H29NO2/c1-7-20(25-21-13-15(3)8-10-16(21)4)22(24)23-18(6)19-11-9-14(2)12-17(19)5/h8-13,18,20H,7H2,1-6H3,(H,23,24)/t18-,20+/m1/s1. The van der Waals surface area contributed by atoms with Crippen LogP contribution in [0, 0.1) is 27.7 Å². The van der Waals surface area contributed by atoms with Crippen LogP contribution in [0.5, 0.6) is 5.75 Å². The van der Waals surface area contributed by atoms with Gasteiger partial charge in [-0.3, -0.25) is 4.79 Å². The maximum atomic E-state index is 12.7.